The molecule has 2 aliphatic heterocycles. The van der Waals surface area contributed by atoms with Crippen LogP contribution in [0.2, 0.25) is 0 Å². The Kier molecular flexibility index (Phi) is 3.04. The number of likely N-dealkylation sites (tertiary alicyclic amines) is 1. The van der Waals surface area contributed by atoms with E-state index in [0.29, 0.717) is 6.04 Å². The van der Waals surface area contributed by atoms with E-state index in [1.54, 1.807) is 0 Å². The van der Waals surface area contributed by atoms with Crippen molar-refractivity contribution in [1.29, 1.82) is 0 Å². The molecule has 2 fully saturated rings. The van der Waals surface area contributed by atoms with Crippen molar-refractivity contribution in [3.63, 3.8) is 0 Å². The molecule has 0 amide bonds. The first-order chi connectivity index (χ1) is 9.42. The van der Waals surface area contributed by atoms with Gasteiger partial charge in [0.25, 0.3) is 0 Å². The maximum Gasteiger partial charge on any atom is 0.150 e. The zero-order valence-electron chi connectivity index (χ0n) is 11.5. The summed E-state index contributed by atoms with van der Waals surface area (Å²) in [7, 11) is 0. The molecule has 0 unspecified atom stereocenters. The van der Waals surface area contributed by atoms with E-state index in [1.807, 2.05) is 0 Å². The van der Waals surface area contributed by atoms with Gasteiger partial charge in [-0.3, -0.25) is 4.90 Å². The summed E-state index contributed by atoms with van der Waals surface area (Å²) in [4.78, 5) is 2.66. The molecule has 1 saturated carbocycles. The van der Waals surface area contributed by atoms with Crippen LogP contribution in [-0.4, -0.2) is 45.8 Å². The number of hydrogen-bond acceptors (Lipinski definition) is 4. The van der Waals surface area contributed by atoms with Crippen molar-refractivity contribution in [3.8, 4) is 0 Å². The highest BCUT2D eigenvalue weighted by molar-refractivity contribution is 5.06. The number of nitrogens with one attached hydrogen (secondary N) is 1. The average Bonchev–Trinajstić information content (AvgIpc) is 3.05. The first-order valence-corrected chi connectivity index (χ1v) is 7.78. The highest BCUT2D eigenvalue weighted by Crippen LogP contribution is 2.37. The van der Waals surface area contributed by atoms with Crippen LogP contribution in [0.3, 0.4) is 0 Å². The molecule has 1 atom stereocenters. The molecule has 0 spiro atoms. The van der Waals surface area contributed by atoms with Gasteiger partial charge in [-0.05, 0) is 38.1 Å². The standard InChI is InChI=1S/C14H23N5/c1-2-12(18(8-1)10-11-3-4-11)14-17-16-13-5-6-15-7-9-19(13)14/h11-12,15H,1-10H2/t12-/m1/s1. The molecule has 3 heterocycles. The summed E-state index contributed by atoms with van der Waals surface area (Å²) >= 11 is 0. The van der Waals surface area contributed by atoms with Gasteiger partial charge in [0.1, 0.15) is 11.6 Å². The lowest BCUT2D eigenvalue weighted by molar-refractivity contribution is 0.233. The summed E-state index contributed by atoms with van der Waals surface area (Å²) in [6.07, 6.45) is 6.47. The zero-order chi connectivity index (χ0) is 12.7. The summed E-state index contributed by atoms with van der Waals surface area (Å²) in [5.74, 6) is 3.38. The molecule has 19 heavy (non-hydrogen) atoms. The van der Waals surface area contributed by atoms with Crippen molar-refractivity contribution < 1.29 is 0 Å². The monoisotopic (exact) mass is 261 g/mol. The normalized spacial score (nSPS) is 28.3. The fourth-order valence-electron chi connectivity index (χ4n) is 3.51. The van der Waals surface area contributed by atoms with Gasteiger partial charge in [0.2, 0.25) is 0 Å². The molecular formula is C14H23N5. The number of nitrogens with zero attached hydrogens (tertiary/aromatic N) is 4. The second-order valence-corrected chi connectivity index (χ2v) is 6.22. The van der Waals surface area contributed by atoms with E-state index in [1.165, 1.54) is 50.4 Å². The SMILES string of the molecule is C1C[C@H](c2nnc3n2CCNCC3)N(CC2CC2)C1. The predicted molar refractivity (Wildman–Crippen MR) is 72.9 cm³/mol. The molecule has 5 nitrogen and oxygen atoms in total. The smallest absolute Gasteiger partial charge is 0.150 e. The lowest BCUT2D eigenvalue weighted by Gasteiger charge is -2.24. The number of aromatic nitrogens is 3. The fraction of sp³-hybridized carbons (Fsp3) is 0.857. The van der Waals surface area contributed by atoms with Crippen LogP contribution in [0.5, 0.6) is 0 Å². The van der Waals surface area contributed by atoms with Crippen LogP contribution in [0.4, 0.5) is 0 Å². The van der Waals surface area contributed by atoms with Crippen molar-refractivity contribution in [1.82, 2.24) is 25.0 Å². The first-order valence-electron chi connectivity index (χ1n) is 7.78. The van der Waals surface area contributed by atoms with Crippen molar-refractivity contribution >= 4 is 0 Å². The van der Waals surface area contributed by atoms with Crippen molar-refractivity contribution in [2.24, 2.45) is 5.92 Å². The van der Waals surface area contributed by atoms with Crippen molar-refractivity contribution in [2.75, 3.05) is 26.2 Å². The van der Waals surface area contributed by atoms with Gasteiger partial charge in [0.15, 0.2) is 0 Å². The molecule has 1 N–H and O–H groups in total. The number of fused-ring (bicyclic) bond motifs is 1. The van der Waals surface area contributed by atoms with Gasteiger partial charge in [0.05, 0.1) is 6.04 Å². The molecule has 5 heteroatoms. The minimum Gasteiger partial charge on any atom is -0.315 e. The molecule has 0 aromatic carbocycles. The van der Waals surface area contributed by atoms with Crippen LogP contribution in [0.25, 0.3) is 0 Å². The average molecular weight is 261 g/mol. The van der Waals surface area contributed by atoms with E-state index in [0.717, 1.165) is 32.0 Å². The van der Waals surface area contributed by atoms with Crippen molar-refractivity contribution in [2.45, 2.75) is 44.7 Å². The summed E-state index contributed by atoms with van der Waals surface area (Å²) in [6, 6.07) is 0.528. The Labute approximate surface area is 114 Å². The third-order valence-corrected chi connectivity index (χ3v) is 4.74. The molecule has 4 rings (SSSR count). The minimum atomic E-state index is 0.528. The van der Waals surface area contributed by atoms with E-state index in [-0.39, 0.29) is 0 Å². The molecule has 1 aromatic rings. The highest BCUT2D eigenvalue weighted by Gasteiger charge is 2.34. The Morgan fingerprint density at radius 3 is 2.95 bits per heavy atom. The summed E-state index contributed by atoms with van der Waals surface area (Å²) in [5.41, 5.74) is 0. The lowest BCUT2D eigenvalue weighted by Crippen LogP contribution is -2.28. The Balaban J connectivity index is 1.58. The summed E-state index contributed by atoms with van der Waals surface area (Å²) < 4.78 is 2.38. The third-order valence-electron chi connectivity index (χ3n) is 4.74. The molecule has 0 bridgehead atoms. The van der Waals surface area contributed by atoms with Gasteiger partial charge in [0, 0.05) is 32.6 Å². The van der Waals surface area contributed by atoms with E-state index in [2.05, 4.69) is 25.0 Å². The van der Waals surface area contributed by atoms with Crippen LogP contribution in [-0.2, 0) is 13.0 Å². The maximum absolute atomic E-state index is 4.54. The van der Waals surface area contributed by atoms with Crippen LogP contribution < -0.4 is 5.32 Å². The molecule has 104 valence electrons. The molecule has 1 saturated heterocycles. The Hall–Kier alpha value is -0.940. The van der Waals surface area contributed by atoms with Gasteiger partial charge in [-0.25, -0.2) is 0 Å². The Bertz CT molecular complexity index is 451. The van der Waals surface area contributed by atoms with E-state index in [4.69, 9.17) is 0 Å². The Morgan fingerprint density at radius 1 is 1.11 bits per heavy atom. The topological polar surface area (TPSA) is 46.0 Å². The zero-order valence-corrected chi connectivity index (χ0v) is 11.5. The second kappa shape index (κ2) is 4.87. The fourth-order valence-corrected chi connectivity index (χ4v) is 3.51. The first kappa shape index (κ1) is 11.9. The van der Waals surface area contributed by atoms with Crippen LogP contribution >= 0.6 is 0 Å². The molecule has 1 aromatic heterocycles. The van der Waals surface area contributed by atoms with Gasteiger partial charge < -0.3 is 9.88 Å². The Morgan fingerprint density at radius 2 is 2.05 bits per heavy atom. The van der Waals surface area contributed by atoms with E-state index in [9.17, 15) is 0 Å². The molecule has 3 aliphatic rings. The van der Waals surface area contributed by atoms with Crippen LogP contribution in [0.15, 0.2) is 0 Å². The van der Waals surface area contributed by atoms with Gasteiger partial charge >= 0.3 is 0 Å². The molecular weight excluding hydrogens is 238 g/mol. The summed E-state index contributed by atoms with van der Waals surface area (Å²) in [6.45, 7) is 5.65. The quantitative estimate of drug-likeness (QED) is 0.881. The number of hydrogen-bond donors (Lipinski definition) is 1. The van der Waals surface area contributed by atoms with Gasteiger partial charge in [-0.15, -0.1) is 10.2 Å². The van der Waals surface area contributed by atoms with E-state index >= 15 is 0 Å². The highest BCUT2D eigenvalue weighted by atomic mass is 15.3. The van der Waals surface area contributed by atoms with Gasteiger partial charge in [-0.2, -0.15) is 0 Å². The lowest BCUT2D eigenvalue weighted by atomic mass is 10.2. The number of rotatable bonds is 3. The van der Waals surface area contributed by atoms with Gasteiger partial charge in [-0.1, -0.05) is 0 Å². The van der Waals surface area contributed by atoms with Crippen LogP contribution in [0.1, 0.15) is 43.4 Å². The maximum atomic E-state index is 4.54. The summed E-state index contributed by atoms with van der Waals surface area (Å²) in [5, 5.41) is 12.4. The minimum absolute atomic E-state index is 0.528. The predicted octanol–water partition coefficient (Wildman–Crippen LogP) is 0.971. The van der Waals surface area contributed by atoms with E-state index < -0.39 is 0 Å². The second-order valence-electron chi connectivity index (χ2n) is 6.22. The van der Waals surface area contributed by atoms with Crippen LogP contribution in [0, 0.1) is 5.92 Å². The third kappa shape index (κ3) is 2.30. The molecule has 0 radical (unpaired) electrons. The molecule has 1 aliphatic carbocycles. The largest absolute Gasteiger partial charge is 0.315 e. The van der Waals surface area contributed by atoms with Crippen molar-refractivity contribution in [3.05, 3.63) is 11.6 Å².